The number of aliphatic hydroxyl groups is 1. The van der Waals surface area contributed by atoms with Crippen molar-refractivity contribution in [2.45, 2.75) is 38.9 Å². The van der Waals surface area contributed by atoms with Crippen molar-refractivity contribution >= 4 is 5.97 Å². The van der Waals surface area contributed by atoms with Crippen molar-refractivity contribution in [2.24, 2.45) is 0 Å². The average Bonchev–Trinajstić information content (AvgIpc) is 2.44. The van der Waals surface area contributed by atoms with Crippen LogP contribution in [0.2, 0.25) is 0 Å². The molecule has 0 amide bonds. The number of carbonyl (C=O) groups is 1. The highest BCUT2D eigenvalue weighted by Gasteiger charge is 2.18. The van der Waals surface area contributed by atoms with Gasteiger partial charge in [0.2, 0.25) is 0 Å². The van der Waals surface area contributed by atoms with Crippen molar-refractivity contribution < 1.29 is 19.4 Å². The van der Waals surface area contributed by atoms with E-state index in [4.69, 9.17) is 4.74 Å². The number of benzene rings is 1. The minimum Gasteiger partial charge on any atom is -0.465 e. The molecule has 1 rings (SSSR count). The molecule has 1 aromatic carbocycles. The second kappa shape index (κ2) is 6.68. The number of hydrogen-bond donors (Lipinski definition) is 1. The quantitative estimate of drug-likeness (QED) is 0.804. The van der Waals surface area contributed by atoms with Crippen molar-refractivity contribution in [3.05, 3.63) is 35.4 Å². The summed E-state index contributed by atoms with van der Waals surface area (Å²) in [6.45, 7) is 6.25. The molecule has 1 aromatic rings. The smallest absolute Gasteiger partial charge is 0.337 e. The van der Waals surface area contributed by atoms with Crippen LogP contribution in [0.3, 0.4) is 0 Å². The molecule has 106 valence electrons. The van der Waals surface area contributed by atoms with Crippen molar-refractivity contribution in [1.29, 1.82) is 0 Å². The van der Waals surface area contributed by atoms with Crippen molar-refractivity contribution in [2.75, 3.05) is 13.7 Å². The number of aliphatic hydroxyl groups excluding tert-OH is 1. The number of hydrogen-bond acceptors (Lipinski definition) is 4. The van der Waals surface area contributed by atoms with E-state index >= 15 is 0 Å². The van der Waals surface area contributed by atoms with E-state index in [1.54, 1.807) is 24.3 Å². The monoisotopic (exact) mass is 266 g/mol. The lowest BCUT2D eigenvalue weighted by atomic mass is 10.1. The maximum absolute atomic E-state index is 11.3. The minimum absolute atomic E-state index is 0.235. The summed E-state index contributed by atoms with van der Waals surface area (Å²) in [7, 11) is 1.34. The van der Waals surface area contributed by atoms with Crippen molar-refractivity contribution in [3.63, 3.8) is 0 Å². The summed E-state index contributed by atoms with van der Waals surface area (Å²) in [5, 5.41) is 10.0. The van der Waals surface area contributed by atoms with E-state index < -0.39 is 6.10 Å². The third-order valence-corrected chi connectivity index (χ3v) is 3.20. The second-order valence-corrected chi connectivity index (χ2v) is 5.05. The van der Waals surface area contributed by atoms with Gasteiger partial charge in [0.1, 0.15) is 6.10 Å². The van der Waals surface area contributed by atoms with Crippen LogP contribution < -0.4 is 0 Å². The van der Waals surface area contributed by atoms with Crippen LogP contribution in [0.1, 0.15) is 49.2 Å². The van der Waals surface area contributed by atoms with E-state index in [-0.39, 0.29) is 18.2 Å². The summed E-state index contributed by atoms with van der Waals surface area (Å²) < 4.78 is 10.3. The number of carbonyl (C=O) groups excluding carboxylic acids is 1. The van der Waals surface area contributed by atoms with Gasteiger partial charge in [-0.15, -0.1) is 0 Å². The van der Waals surface area contributed by atoms with Gasteiger partial charge in [-0.05, 0) is 38.0 Å². The Balaban J connectivity index is 2.63. The highest BCUT2D eigenvalue weighted by atomic mass is 16.5. The van der Waals surface area contributed by atoms with Gasteiger partial charge in [-0.3, -0.25) is 0 Å². The fourth-order valence-electron chi connectivity index (χ4n) is 1.46. The van der Waals surface area contributed by atoms with Crippen LogP contribution in [0.4, 0.5) is 0 Å². The lowest BCUT2D eigenvalue weighted by molar-refractivity contribution is -0.0618. The van der Waals surface area contributed by atoms with Gasteiger partial charge >= 0.3 is 5.97 Å². The predicted molar refractivity (Wildman–Crippen MR) is 73.1 cm³/mol. The summed E-state index contributed by atoms with van der Waals surface area (Å²) in [5.41, 5.74) is 0.945. The van der Waals surface area contributed by atoms with Gasteiger partial charge in [-0.2, -0.15) is 0 Å². The highest BCUT2D eigenvalue weighted by molar-refractivity contribution is 5.89. The van der Waals surface area contributed by atoms with Crippen LogP contribution >= 0.6 is 0 Å². The van der Waals surface area contributed by atoms with E-state index in [0.29, 0.717) is 5.56 Å². The zero-order chi connectivity index (χ0) is 14.5. The molecule has 0 aliphatic carbocycles. The number of esters is 1. The fraction of sp³-hybridized carbons (Fsp3) is 0.533. The predicted octanol–water partition coefficient (Wildman–Crippen LogP) is 2.71. The lowest BCUT2D eigenvalue weighted by Crippen LogP contribution is -2.25. The maximum atomic E-state index is 11.3. The lowest BCUT2D eigenvalue weighted by Gasteiger charge is -2.25. The summed E-state index contributed by atoms with van der Waals surface area (Å²) in [5.74, 6) is -0.385. The molecule has 0 aliphatic heterocycles. The molecule has 1 N–H and O–H groups in total. The number of ether oxygens (including phenoxy) is 2. The van der Waals surface area contributed by atoms with Crippen LogP contribution in [-0.4, -0.2) is 30.4 Å². The Morgan fingerprint density at radius 3 is 2.37 bits per heavy atom. The maximum Gasteiger partial charge on any atom is 0.337 e. The molecule has 1 unspecified atom stereocenters. The molecule has 0 spiro atoms. The molecular weight excluding hydrogens is 244 g/mol. The van der Waals surface area contributed by atoms with Gasteiger partial charge < -0.3 is 14.6 Å². The van der Waals surface area contributed by atoms with Gasteiger partial charge in [0.25, 0.3) is 0 Å². The molecule has 0 fully saturated rings. The third-order valence-electron chi connectivity index (χ3n) is 3.20. The molecule has 19 heavy (non-hydrogen) atoms. The SMILES string of the molecule is CCC(C)(C)OCC(O)c1ccc(C(=O)OC)cc1. The molecule has 1 atom stereocenters. The molecule has 0 saturated heterocycles. The standard InChI is InChI=1S/C15H22O4/c1-5-15(2,3)19-10-13(16)11-6-8-12(9-7-11)14(17)18-4/h6-9,13,16H,5,10H2,1-4H3. The molecule has 4 heteroatoms. The summed E-state index contributed by atoms with van der Waals surface area (Å²) in [4.78, 5) is 11.3. The van der Waals surface area contributed by atoms with Gasteiger partial charge in [0.05, 0.1) is 24.9 Å². The van der Waals surface area contributed by atoms with E-state index in [2.05, 4.69) is 4.74 Å². The molecule has 0 heterocycles. The van der Waals surface area contributed by atoms with E-state index in [1.165, 1.54) is 7.11 Å². The first kappa shape index (κ1) is 15.7. The largest absolute Gasteiger partial charge is 0.465 e. The Labute approximate surface area is 114 Å². The Bertz CT molecular complexity index is 409. The van der Waals surface area contributed by atoms with Crippen LogP contribution in [0.5, 0.6) is 0 Å². The summed E-state index contributed by atoms with van der Waals surface area (Å²) >= 11 is 0. The molecular formula is C15H22O4. The molecule has 0 aliphatic rings. The number of rotatable bonds is 6. The van der Waals surface area contributed by atoms with Gasteiger partial charge in [-0.25, -0.2) is 4.79 Å². The van der Waals surface area contributed by atoms with Crippen molar-refractivity contribution in [3.8, 4) is 0 Å². The Kier molecular flexibility index (Phi) is 5.51. The van der Waals surface area contributed by atoms with Crippen LogP contribution in [0.25, 0.3) is 0 Å². The summed E-state index contributed by atoms with van der Waals surface area (Å²) in [6.07, 6.45) is 0.179. The molecule has 0 aromatic heterocycles. The van der Waals surface area contributed by atoms with E-state index in [0.717, 1.165) is 12.0 Å². The number of methoxy groups -OCH3 is 1. The Morgan fingerprint density at radius 2 is 1.89 bits per heavy atom. The second-order valence-electron chi connectivity index (χ2n) is 5.05. The van der Waals surface area contributed by atoms with E-state index in [9.17, 15) is 9.90 Å². The molecule has 0 saturated carbocycles. The Morgan fingerprint density at radius 1 is 1.32 bits per heavy atom. The Hall–Kier alpha value is -1.39. The fourth-order valence-corrected chi connectivity index (χ4v) is 1.46. The minimum atomic E-state index is -0.697. The molecule has 4 nitrogen and oxygen atoms in total. The van der Waals surface area contributed by atoms with Crippen LogP contribution in [0.15, 0.2) is 24.3 Å². The topological polar surface area (TPSA) is 55.8 Å². The zero-order valence-corrected chi connectivity index (χ0v) is 12.0. The first-order valence-corrected chi connectivity index (χ1v) is 6.40. The van der Waals surface area contributed by atoms with Gasteiger partial charge in [-0.1, -0.05) is 19.1 Å². The van der Waals surface area contributed by atoms with E-state index in [1.807, 2.05) is 20.8 Å². The average molecular weight is 266 g/mol. The molecule has 0 bridgehead atoms. The first-order chi connectivity index (χ1) is 8.89. The molecule has 0 radical (unpaired) electrons. The van der Waals surface area contributed by atoms with Crippen molar-refractivity contribution in [1.82, 2.24) is 0 Å². The first-order valence-electron chi connectivity index (χ1n) is 6.40. The van der Waals surface area contributed by atoms with Gasteiger partial charge in [0.15, 0.2) is 0 Å². The van der Waals surface area contributed by atoms with Gasteiger partial charge in [0, 0.05) is 0 Å². The summed E-state index contributed by atoms with van der Waals surface area (Å²) in [6, 6.07) is 6.68. The van der Waals surface area contributed by atoms with Crippen LogP contribution in [0, 0.1) is 0 Å². The third kappa shape index (κ3) is 4.65. The zero-order valence-electron chi connectivity index (χ0n) is 12.0. The normalized spacial score (nSPS) is 13.1. The highest BCUT2D eigenvalue weighted by Crippen LogP contribution is 2.19. The van der Waals surface area contributed by atoms with Crippen LogP contribution in [-0.2, 0) is 9.47 Å².